The summed E-state index contributed by atoms with van der Waals surface area (Å²) in [7, 11) is 0. The maximum Gasteiger partial charge on any atom is 0.219 e. The molecule has 1 aromatic carbocycles. The average molecular weight is 213 g/mol. The van der Waals surface area contributed by atoms with Crippen molar-refractivity contribution in [2.24, 2.45) is 0 Å². The van der Waals surface area contributed by atoms with Crippen LogP contribution in [0.1, 0.15) is 17.1 Å². The second kappa shape index (κ2) is 4.98. The highest BCUT2D eigenvalue weighted by Crippen LogP contribution is 2.08. The van der Waals surface area contributed by atoms with E-state index in [0.717, 1.165) is 11.8 Å². The molecule has 1 aromatic heterocycles. The predicted molar refractivity (Wildman–Crippen MR) is 63.5 cm³/mol. The van der Waals surface area contributed by atoms with Crippen molar-refractivity contribution in [1.82, 2.24) is 4.98 Å². The molecule has 0 spiro atoms. The summed E-state index contributed by atoms with van der Waals surface area (Å²) < 4.78 is 5.18. The van der Waals surface area contributed by atoms with E-state index in [1.54, 1.807) is 6.08 Å². The topological polar surface area (TPSA) is 46.3 Å². The van der Waals surface area contributed by atoms with Crippen molar-refractivity contribution in [3.63, 3.8) is 0 Å². The lowest BCUT2D eigenvalue weighted by molar-refractivity contribution is 0.478. The lowest BCUT2D eigenvalue weighted by atomic mass is 10.2. The number of hydrogen-bond donors (Lipinski definition) is 1. The monoisotopic (exact) mass is 213 g/mol. The molecule has 1 heterocycles. The number of hydrogen-bond acceptors (Lipinski definition) is 3. The maximum absolute atomic E-state index is 8.56. The number of benzene rings is 1. The van der Waals surface area contributed by atoms with Gasteiger partial charge in [0.25, 0.3) is 0 Å². The number of nitrogens with zero attached hydrogens (tertiary/aromatic N) is 1. The smallest absolute Gasteiger partial charge is 0.219 e. The van der Waals surface area contributed by atoms with Crippen LogP contribution < -0.4 is 0 Å². The third-order valence-electron chi connectivity index (χ3n) is 2.00. The van der Waals surface area contributed by atoms with Crippen LogP contribution in [0, 0.1) is 0 Å². The van der Waals surface area contributed by atoms with Gasteiger partial charge in [-0.1, -0.05) is 30.3 Å². The minimum absolute atomic E-state index is 0.511. The maximum atomic E-state index is 8.56. The zero-order valence-electron chi connectivity index (χ0n) is 8.58. The van der Waals surface area contributed by atoms with E-state index < -0.39 is 0 Å². The van der Waals surface area contributed by atoms with E-state index in [1.807, 2.05) is 36.4 Å². The van der Waals surface area contributed by atoms with Crippen LogP contribution in [0.25, 0.3) is 18.2 Å². The Hall–Kier alpha value is -2.29. The summed E-state index contributed by atoms with van der Waals surface area (Å²) in [5, 5.41) is 8.56. The van der Waals surface area contributed by atoms with Crippen LogP contribution >= 0.6 is 0 Å². The Labute approximate surface area is 93.4 Å². The molecule has 0 radical (unpaired) electrons. The number of aromatic nitrogens is 1. The van der Waals surface area contributed by atoms with Gasteiger partial charge < -0.3 is 9.52 Å². The van der Waals surface area contributed by atoms with Gasteiger partial charge in [0, 0.05) is 12.2 Å². The molecule has 0 saturated carbocycles. The van der Waals surface area contributed by atoms with Gasteiger partial charge in [-0.05, 0) is 11.6 Å². The first-order valence-corrected chi connectivity index (χ1v) is 4.88. The molecule has 0 fully saturated rings. The van der Waals surface area contributed by atoms with Gasteiger partial charge in [-0.15, -0.1) is 0 Å². The summed E-state index contributed by atoms with van der Waals surface area (Å²) >= 11 is 0. The Kier molecular flexibility index (Phi) is 3.18. The number of rotatable bonds is 3. The van der Waals surface area contributed by atoms with Crippen molar-refractivity contribution in [1.29, 1.82) is 0 Å². The van der Waals surface area contributed by atoms with Crippen LogP contribution in [0.4, 0.5) is 0 Å². The van der Waals surface area contributed by atoms with Crippen molar-refractivity contribution in [2.75, 3.05) is 0 Å². The summed E-state index contributed by atoms with van der Waals surface area (Å²) in [5.41, 5.74) is 1.68. The number of aliphatic hydroxyl groups is 1. The minimum Gasteiger partial charge on any atom is -0.516 e. The summed E-state index contributed by atoms with van der Waals surface area (Å²) in [6, 6.07) is 9.89. The molecule has 0 amide bonds. The largest absolute Gasteiger partial charge is 0.516 e. The van der Waals surface area contributed by atoms with Gasteiger partial charge in [-0.2, -0.15) is 0 Å². The van der Waals surface area contributed by atoms with Gasteiger partial charge in [-0.3, -0.25) is 0 Å². The highest BCUT2D eigenvalue weighted by atomic mass is 16.3. The van der Waals surface area contributed by atoms with E-state index in [1.165, 1.54) is 12.3 Å². The molecule has 80 valence electrons. The molecule has 16 heavy (non-hydrogen) atoms. The predicted octanol–water partition coefficient (Wildman–Crippen LogP) is 3.37. The third kappa shape index (κ3) is 2.60. The SMILES string of the molecule is O/C=C\c1coc(/C=C/c2ccccc2)n1. The molecule has 3 heteroatoms. The molecule has 0 aliphatic carbocycles. The molecule has 0 atom stereocenters. The molecular weight excluding hydrogens is 202 g/mol. The van der Waals surface area contributed by atoms with E-state index in [2.05, 4.69) is 4.98 Å². The molecule has 0 unspecified atom stereocenters. The Morgan fingerprint density at radius 3 is 2.62 bits per heavy atom. The molecule has 2 rings (SSSR count). The minimum atomic E-state index is 0.511. The Balaban J connectivity index is 2.12. The molecule has 3 nitrogen and oxygen atoms in total. The van der Waals surface area contributed by atoms with Crippen LogP contribution in [0.3, 0.4) is 0 Å². The zero-order chi connectivity index (χ0) is 11.2. The van der Waals surface area contributed by atoms with Crippen molar-refractivity contribution in [3.05, 3.63) is 60.0 Å². The van der Waals surface area contributed by atoms with E-state index in [-0.39, 0.29) is 0 Å². The van der Waals surface area contributed by atoms with Gasteiger partial charge in [-0.25, -0.2) is 4.98 Å². The quantitative estimate of drug-likeness (QED) is 0.795. The molecule has 1 N–H and O–H groups in total. The van der Waals surface area contributed by atoms with Gasteiger partial charge in [0.15, 0.2) is 0 Å². The summed E-state index contributed by atoms with van der Waals surface area (Å²) in [6.07, 6.45) is 7.58. The molecule has 0 aliphatic heterocycles. The van der Waals surface area contributed by atoms with Crippen molar-refractivity contribution in [3.8, 4) is 0 Å². The van der Waals surface area contributed by atoms with E-state index >= 15 is 0 Å². The average Bonchev–Trinajstić information content (AvgIpc) is 2.76. The van der Waals surface area contributed by atoms with Crippen LogP contribution in [-0.4, -0.2) is 10.1 Å². The van der Waals surface area contributed by atoms with Gasteiger partial charge >= 0.3 is 0 Å². The molecule has 2 aromatic rings. The number of aliphatic hydroxyl groups excluding tert-OH is 1. The Morgan fingerprint density at radius 1 is 1.06 bits per heavy atom. The van der Waals surface area contributed by atoms with Gasteiger partial charge in [0.1, 0.15) is 12.0 Å². The Bertz CT molecular complexity index is 498. The van der Waals surface area contributed by atoms with Crippen molar-refractivity contribution >= 4 is 18.2 Å². The highest BCUT2D eigenvalue weighted by Gasteiger charge is 1.96. The fourth-order valence-electron chi connectivity index (χ4n) is 1.26. The normalized spacial score (nSPS) is 11.5. The highest BCUT2D eigenvalue weighted by molar-refractivity contribution is 5.66. The molecule has 0 aliphatic rings. The van der Waals surface area contributed by atoms with Gasteiger partial charge in [0.05, 0.1) is 6.26 Å². The summed E-state index contributed by atoms with van der Waals surface area (Å²) in [5.74, 6) is 0.511. The van der Waals surface area contributed by atoms with Crippen LogP contribution in [0.2, 0.25) is 0 Å². The van der Waals surface area contributed by atoms with Crippen LogP contribution in [0.5, 0.6) is 0 Å². The standard InChI is InChI=1S/C13H11NO2/c15-9-8-12-10-16-13(14-12)7-6-11-4-2-1-3-5-11/h1-10,15H/b7-6+,9-8-. The molecule has 0 saturated heterocycles. The molecule has 0 bridgehead atoms. The first-order valence-electron chi connectivity index (χ1n) is 4.88. The lowest BCUT2D eigenvalue weighted by Gasteiger charge is -1.88. The van der Waals surface area contributed by atoms with E-state index in [0.29, 0.717) is 11.6 Å². The van der Waals surface area contributed by atoms with E-state index in [4.69, 9.17) is 9.52 Å². The summed E-state index contributed by atoms with van der Waals surface area (Å²) in [6.45, 7) is 0. The lowest BCUT2D eigenvalue weighted by Crippen LogP contribution is -1.73. The fraction of sp³-hybridized carbons (Fsp3) is 0. The number of oxazole rings is 1. The molecular formula is C13H11NO2. The summed E-state index contributed by atoms with van der Waals surface area (Å²) in [4.78, 5) is 4.11. The van der Waals surface area contributed by atoms with E-state index in [9.17, 15) is 0 Å². The first kappa shape index (κ1) is 10.2. The van der Waals surface area contributed by atoms with Crippen LogP contribution in [-0.2, 0) is 0 Å². The Morgan fingerprint density at radius 2 is 1.88 bits per heavy atom. The first-order chi connectivity index (χ1) is 7.88. The second-order valence-electron chi connectivity index (χ2n) is 3.17. The third-order valence-corrected chi connectivity index (χ3v) is 2.00. The fourth-order valence-corrected chi connectivity index (χ4v) is 1.26. The zero-order valence-corrected chi connectivity index (χ0v) is 8.58. The van der Waals surface area contributed by atoms with Crippen molar-refractivity contribution in [2.45, 2.75) is 0 Å². The second-order valence-corrected chi connectivity index (χ2v) is 3.17. The van der Waals surface area contributed by atoms with Gasteiger partial charge in [0.2, 0.25) is 5.89 Å². The van der Waals surface area contributed by atoms with Crippen LogP contribution in [0.15, 0.2) is 47.3 Å². The van der Waals surface area contributed by atoms with Crippen molar-refractivity contribution < 1.29 is 9.52 Å².